The molecule has 0 spiro atoms. The number of hydrogen-bond acceptors (Lipinski definition) is 8. The van der Waals surface area contributed by atoms with Crippen LogP contribution in [0, 0.1) is 12.7 Å². The van der Waals surface area contributed by atoms with Crippen LogP contribution in [0.2, 0.25) is 0 Å². The van der Waals surface area contributed by atoms with Crippen molar-refractivity contribution in [3.8, 4) is 10.6 Å². The monoisotopic (exact) mass is 414 g/mol. The van der Waals surface area contributed by atoms with E-state index in [1.54, 1.807) is 29.7 Å². The van der Waals surface area contributed by atoms with Gasteiger partial charge in [0, 0.05) is 37.1 Å². The molecule has 1 saturated heterocycles. The van der Waals surface area contributed by atoms with E-state index in [-0.39, 0.29) is 18.5 Å². The Labute approximate surface area is 172 Å². The molecule has 1 atom stereocenters. The van der Waals surface area contributed by atoms with Crippen molar-refractivity contribution in [2.45, 2.75) is 32.4 Å². The van der Waals surface area contributed by atoms with Gasteiger partial charge < -0.3 is 21.1 Å². The van der Waals surface area contributed by atoms with Gasteiger partial charge in [0.05, 0.1) is 22.4 Å². The first-order valence-electron chi connectivity index (χ1n) is 9.54. The van der Waals surface area contributed by atoms with E-state index >= 15 is 0 Å². The number of nitrogens with one attached hydrogen (secondary N) is 2. The van der Waals surface area contributed by atoms with Crippen molar-refractivity contribution in [1.29, 1.82) is 0 Å². The molecule has 1 aliphatic heterocycles. The summed E-state index contributed by atoms with van der Waals surface area (Å²) < 4.78 is 19.3. The van der Waals surface area contributed by atoms with Crippen molar-refractivity contribution in [1.82, 2.24) is 15.0 Å². The third-order valence-electron chi connectivity index (χ3n) is 4.71. The minimum absolute atomic E-state index is 0.129. The van der Waals surface area contributed by atoms with Gasteiger partial charge in [0.15, 0.2) is 5.13 Å². The topological polar surface area (TPSA) is 98.0 Å². The lowest BCUT2D eigenvalue weighted by molar-refractivity contribution is 0.120. The first-order valence-corrected chi connectivity index (χ1v) is 10.4. The average Bonchev–Trinajstić information content (AvgIpc) is 3.37. The lowest BCUT2D eigenvalue weighted by Crippen LogP contribution is -2.18. The lowest BCUT2D eigenvalue weighted by Gasteiger charge is -2.09. The van der Waals surface area contributed by atoms with Crippen LogP contribution in [-0.4, -0.2) is 34.2 Å². The maximum atomic E-state index is 13.6. The third kappa shape index (κ3) is 4.69. The van der Waals surface area contributed by atoms with Crippen molar-refractivity contribution < 1.29 is 9.13 Å². The molecule has 152 valence electrons. The summed E-state index contributed by atoms with van der Waals surface area (Å²) in [7, 11) is 0. The predicted molar refractivity (Wildman–Crippen MR) is 113 cm³/mol. The summed E-state index contributed by atoms with van der Waals surface area (Å²) in [5, 5.41) is 7.33. The minimum Gasteiger partial charge on any atom is -0.376 e. The van der Waals surface area contributed by atoms with Gasteiger partial charge >= 0.3 is 0 Å². The molecule has 1 aliphatic rings. The fourth-order valence-electron chi connectivity index (χ4n) is 3.20. The van der Waals surface area contributed by atoms with Crippen LogP contribution in [0.1, 0.15) is 24.1 Å². The highest BCUT2D eigenvalue weighted by Gasteiger charge is 2.17. The number of nitrogens with zero attached hydrogens (tertiary/aromatic N) is 3. The largest absolute Gasteiger partial charge is 0.376 e. The molecule has 0 bridgehead atoms. The number of anilines is 3. The minimum atomic E-state index is -0.323. The second kappa shape index (κ2) is 8.81. The van der Waals surface area contributed by atoms with Crippen LogP contribution in [0.5, 0.6) is 0 Å². The zero-order valence-corrected chi connectivity index (χ0v) is 16.9. The van der Waals surface area contributed by atoms with Crippen LogP contribution < -0.4 is 16.4 Å². The number of aryl methyl sites for hydroxylation is 1. The Kier molecular flexibility index (Phi) is 5.98. The number of rotatable bonds is 7. The first kappa shape index (κ1) is 19.7. The molecule has 0 saturated carbocycles. The Balaban J connectivity index is 1.49. The van der Waals surface area contributed by atoms with Gasteiger partial charge in [0.25, 0.3) is 0 Å². The molecule has 4 N–H and O–H groups in total. The SMILES string of the molecule is Cc1nc(NCC2CCCO2)sc1-c1ccnc(Nc2ccc(F)c(CN)c2)n1. The molecule has 0 radical (unpaired) electrons. The van der Waals surface area contributed by atoms with Gasteiger partial charge in [0.1, 0.15) is 5.82 Å². The molecule has 3 heterocycles. The summed E-state index contributed by atoms with van der Waals surface area (Å²) in [5.41, 5.74) is 8.38. The molecular weight excluding hydrogens is 391 g/mol. The van der Waals surface area contributed by atoms with Crippen molar-refractivity contribution in [3.63, 3.8) is 0 Å². The molecule has 1 unspecified atom stereocenters. The fourth-order valence-corrected chi connectivity index (χ4v) is 4.14. The van der Waals surface area contributed by atoms with Gasteiger partial charge in [-0.3, -0.25) is 0 Å². The molecule has 9 heteroatoms. The molecular formula is C20H23FN6OS. The average molecular weight is 415 g/mol. The number of halogens is 1. The molecule has 2 aromatic heterocycles. The van der Waals surface area contributed by atoms with Crippen LogP contribution in [0.25, 0.3) is 10.6 Å². The Bertz CT molecular complexity index is 989. The quantitative estimate of drug-likeness (QED) is 0.540. The summed E-state index contributed by atoms with van der Waals surface area (Å²) in [6.45, 7) is 3.69. The van der Waals surface area contributed by atoms with Crippen LogP contribution in [-0.2, 0) is 11.3 Å². The van der Waals surface area contributed by atoms with E-state index in [0.717, 1.165) is 47.4 Å². The third-order valence-corrected chi connectivity index (χ3v) is 5.85. The van der Waals surface area contributed by atoms with Crippen LogP contribution in [0.3, 0.4) is 0 Å². The van der Waals surface area contributed by atoms with E-state index in [1.165, 1.54) is 6.07 Å². The molecule has 0 amide bonds. The first-order chi connectivity index (χ1) is 14.1. The maximum absolute atomic E-state index is 13.6. The molecule has 1 fully saturated rings. The summed E-state index contributed by atoms with van der Waals surface area (Å²) in [4.78, 5) is 14.5. The molecule has 29 heavy (non-hydrogen) atoms. The highest BCUT2D eigenvalue weighted by Crippen LogP contribution is 2.32. The number of aromatic nitrogens is 3. The van der Waals surface area contributed by atoms with E-state index in [9.17, 15) is 4.39 Å². The Morgan fingerprint density at radius 2 is 2.21 bits per heavy atom. The Morgan fingerprint density at radius 3 is 3.00 bits per heavy atom. The van der Waals surface area contributed by atoms with Crippen LogP contribution in [0.4, 0.5) is 21.2 Å². The summed E-state index contributed by atoms with van der Waals surface area (Å²) >= 11 is 1.56. The Hall–Kier alpha value is -2.62. The van der Waals surface area contributed by atoms with Crippen molar-refractivity contribution in [2.24, 2.45) is 5.73 Å². The number of nitrogens with two attached hydrogens (primary N) is 1. The van der Waals surface area contributed by atoms with Gasteiger partial charge in [-0.25, -0.2) is 19.3 Å². The van der Waals surface area contributed by atoms with E-state index in [0.29, 0.717) is 17.2 Å². The van der Waals surface area contributed by atoms with Gasteiger partial charge in [-0.15, -0.1) is 0 Å². The van der Waals surface area contributed by atoms with Gasteiger partial charge in [-0.05, 0) is 44.0 Å². The number of benzene rings is 1. The molecule has 1 aromatic carbocycles. The second-order valence-corrected chi connectivity index (χ2v) is 7.85. The summed E-state index contributed by atoms with van der Waals surface area (Å²) in [6.07, 6.45) is 4.15. The summed E-state index contributed by atoms with van der Waals surface area (Å²) in [5.74, 6) is 0.106. The standard InChI is InChI=1S/C20H23FN6OS/c1-12-18(29-20(25-12)24-11-15-3-2-8-28-15)17-6-7-23-19(27-17)26-14-4-5-16(21)13(9-14)10-22/h4-7,9,15H,2-3,8,10-11,22H2,1H3,(H,24,25)(H,23,26,27). The number of hydrogen-bond donors (Lipinski definition) is 3. The van der Waals surface area contributed by atoms with E-state index in [1.807, 2.05) is 13.0 Å². The zero-order chi connectivity index (χ0) is 20.2. The smallest absolute Gasteiger partial charge is 0.227 e. The van der Waals surface area contributed by atoms with Gasteiger partial charge in [-0.2, -0.15) is 0 Å². The maximum Gasteiger partial charge on any atom is 0.227 e. The van der Waals surface area contributed by atoms with Crippen molar-refractivity contribution >= 4 is 28.1 Å². The number of ether oxygens (including phenoxy) is 1. The van der Waals surface area contributed by atoms with Crippen molar-refractivity contribution in [3.05, 3.63) is 47.5 Å². The lowest BCUT2D eigenvalue weighted by atomic mass is 10.2. The normalized spacial score (nSPS) is 16.2. The van der Waals surface area contributed by atoms with E-state index < -0.39 is 0 Å². The fraction of sp³-hybridized carbons (Fsp3) is 0.350. The highest BCUT2D eigenvalue weighted by atomic mass is 32.1. The van der Waals surface area contributed by atoms with E-state index in [2.05, 4.69) is 25.6 Å². The second-order valence-electron chi connectivity index (χ2n) is 6.85. The van der Waals surface area contributed by atoms with Gasteiger partial charge in [-0.1, -0.05) is 11.3 Å². The molecule has 4 rings (SSSR count). The number of thiazole rings is 1. The van der Waals surface area contributed by atoms with Gasteiger partial charge in [0.2, 0.25) is 5.95 Å². The van der Waals surface area contributed by atoms with Crippen LogP contribution in [0.15, 0.2) is 30.5 Å². The molecule has 7 nitrogen and oxygen atoms in total. The van der Waals surface area contributed by atoms with Crippen LogP contribution >= 0.6 is 11.3 Å². The zero-order valence-electron chi connectivity index (χ0n) is 16.1. The summed E-state index contributed by atoms with van der Waals surface area (Å²) in [6, 6.07) is 6.53. The highest BCUT2D eigenvalue weighted by molar-refractivity contribution is 7.19. The predicted octanol–water partition coefficient (Wildman–Crippen LogP) is 3.84. The molecule has 3 aromatic rings. The van der Waals surface area contributed by atoms with E-state index in [4.69, 9.17) is 10.5 Å². The Morgan fingerprint density at radius 1 is 1.31 bits per heavy atom. The molecule has 0 aliphatic carbocycles. The van der Waals surface area contributed by atoms with Crippen molar-refractivity contribution in [2.75, 3.05) is 23.8 Å².